The maximum Gasteiger partial charge on any atom is 0.256 e. The highest BCUT2D eigenvalue weighted by Crippen LogP contribution is 2.29. The fourth-order valence-electron chi connectivity index (χ4n) is 2.47. The van der Waals surface area contributed by atoms with E-state index in [-0.39, 0.29) is 22.0 Å². The average molecular weight is 391 g/mol. The van der Waals surface area contributed by atoms with Crippen LogP contribution >= 0.6 is 23.2 Å². The molecule has 130 valence electrons. The Morgan fingerprint density at radius 1 is 1.25 bits per heavy atom. The lowest BCUT2D eigenvalue weighted by atomic mass is 10.1. The van der Waals surface area contributed by atoms with Crippen LogP contribution in [0.5, 0.6) is 0 Å². The van der Waals surface area contributed by atoms with E-state index in [1.54, 1.807) is 25.1 Å². The van der Waals surface area contributed by atoms with Crippen molar-refractivity contribution in [1.29, 1.82) is 0 Å². The predicted molar refractivity (Wildman–Crippen MR) is 91.9 cm³/mol. The Morgan fingerprint density at radius 2 is 1.88 bits per heavy atom. The summed E-state index contributed by atoms with van der Waals surface area (Å²) in [4.78, 5) is 12.2. The molecule has 0 spiro atoms. The molecule has 0 fully saturated rings. The van der Waals surface area contributed by atoms with Gasteiger partial charge < -0.3 is 9.73 Å². The lowest BCUT2D eigenvalue weighted by Gasteiger charge is -2.16. The van der Waals surface area contributed by atoms with Gasteiger partial charge in [-0.2, -0.15) is 0 Å². The molecule has 0 aliphatic heterocycles. The van der Waals surface area contributed by atoms with Gasteiger partial charge in [-0.05, 0) is 38.5 Å². The van der Waals surface area contributed by atoms with E-state index < -0.39 is 22.0 Å². The topological polar surface area (TPSA) is 102 Å². The molecule has 6 nitrogen and oxygen atoms in total. The quantitative estimate of drug-likeness (QED) is 0.834. The number of benzene rings is 1. The summed E-state index contributed by atoms with van der Waals surface area (Å²) in [5, 5.41) is 8.74. The summed E-state index contributed by atoms with van der Waals surface area (Å²) in [5.74, 6) is -0.382. The molecule has 0 radical (unpaired) electrons. The zero-order chi connectivity index (χ0) is 18.2. The lowest BCUT2D eigenvalue weighted by Crippen LogP contribution is -2.29. The second kappa shape index (κ2) is 6.76. The molecule has 2 rings (SSSR count). The summed E-state index contributed by atoms with van der Waals surface area (Å²) in [6.45, 7) is 4.64. The minimum Gasteiger partial charge on any atom is -0.464 e. The molecular weight excluding hydrogens is 375 g/mol. The van der Waals surface area contributed by atoms with Crippen LogP contribution in [0.1, 0.15) is 40.4 Å². The number of hydrogen-bond acceptors (Lipinski definition) is 4. The van der Waals surface area contributed by atoms with Crippen molar-refractivity contribution >= 4 is 39.1 Å². The second-order valence-electron chi connectivity index (χ2n) is 5.32. The highest BCUT2D eigenvalue weighted by Gasteiger charge is 2.29. The molecule has 0 saturated carbocycles. The number of primary sulfonamides is 1. The number of halogens is 2. The molecule has 2 aromatic rings. The Bertz CT molecular complexity index is 906. The molecule has 0 bridgehead atoms. The molecule has 1 aromatic heterocycles. The van der Waals surface area contributed by atoms with Gasteiger partial charge in [0.2, 0.25) is 10.0 Å². The summed E-state index contributed by atoms with van der Waals surface area (Å²) in [7, 11) is -4.10. The number of hydrogen-bond donors (Lipinski definition) is 2. The van der Waals surface area contributed by atoms with E-state index in [0.717, 1.165) is 0 Å². The van der Waals surface area contributed by atoms with E-state index in [0.29, 0.717) is 15.6 Å². The van der Waals surface area contributed by atoms with Crippen molar-refractivity contribution in [3.05, 3.63) is 50.9 Å². The van der Waals surface area contributed by atoms with Crippen molar-refractivity contribution in [2.75, 3.05) is 0 Å². The van der Waals surface area contributed by atoms with Gasteiger partial charge in [0.05, 0.1) is 6.04 Å². The van der Waals surface area contributed by atoms with E-state index in [2.05, 4.69) is 5.32 Å². The van der Waals surface area contributed by atoms with Gasteiger partial charge in [-0.25, -0.2) is 13.6 Å². The molecule has 3 N–H and O–H groups in total. The Kier molecular flexibility index (Phi) is 5.29. The fraction of sp³-hybridized carbons (Fsp3) is 0.267. The van der Waals surface area contributed by atoms with Crippen LogP contribution in [0.25, 0.3) is 0 Å². The van der Waals surface area contributed by atoms with Crippen LogP contribution in [-0.4, -0.2) is 14.3 Å². The molecule has 1 atom stereocenters. The first-order chi connectivity index (χ1) is 11.0. The first-order valence-corrected chi connectivity index (χ1v) is 9.21. The molecular formula is C15H16Cl2N2O4S. The third-order valence-corrected chi connectivity index (χ3v) is 5.12. The Morgan fingerprint density at radius 3 is 2.42 bits per heavy atom. The molecule has 1 amide bonds. The van der Waals surface area contributed by atoms with Crippen molar-refractivity contribution in [3.8, 4) is 0 Å². The molecule has 1 heterocycles. The van der Waals surface area contributed by atoms with Crippen LogP contribution in [0.15, 0.2) is 27.5 Å². The Labute approximate surface area is 150 Å². The number of rotatable bonds is 4. The van der Waals surface area contributed by atoms with Gasteiger partial charge in [0, 0.05) is 10.0 Å². The molecule has 1 aromatic carbocycles. The monoisotopic (exact) mass is 390 g/mol. The number of nitrogens with two attached hydrogens (primary N) is 1. The minimum absolute atomic E-state index is 0.0670. The first-order valence-electron chi connectivity index (χ1n) is 6.91. The van der Waals surface area contributed by atoms with Crippen molar-refractivity contribution in [2.24, 2.45) is 5.14 Å². The van der Waals surface area contributed by atoms with Crippen molar-refractivity contribution in [2.45, 2.75) is 31.7 Å². The highest BCUT2D eigenvalue weighted by molar-refractivity contribution is 7.89. The third-order valence-electron chi connectivity index (χ3n) is 3.49. The van der Waals surface area contributed by atoms with E-state index in [1.807, 2.05) is 0 Å². The van der Waals surface area contributed by atoms with Crippen LogP contribution in [0.4, 0.5) is 0 Å². The summed E-state index contributed by atoms with van der Waals surface area (Å²) in [6.07, 6.45) is 0. The third kappa shape index (κ3) is 3.75. The standard InChI is InChI=1S/C15H16Cl2N2O4S/c1-7(11-5-4-10(16)6-12(11)17)19-15(20)13-8(2)23-9(3)14(13)24(18,21)22/h4-7H,1-3H3,(H,19,20)(H2,18,21,22)/t7-/m0/s1. The van der Waals surface area contributed by atoms with Crippen LogP contribution < -0.4 is 10.5 Å². The zero-order valence-corrected chi connectivity index (χ0v) is 15.5. The molecule has 0 aliphatic rings. The first kappa shape index (κ1) is 18.8. The molecule has 9 heteroatoms. The average Bonchev–Trinajstić information content (AvgIpc) is 2.72. The van der Waals surface area contributed by atoms with E-state index >= 15 is 0 Å². The molecule has 0 saturated heterocycles. The van der Waals surface area contributed by atoms with E-state index in [1.165, 1.54) is 13.8 Å². The molecule has 0 unspecified atom stereocenters. The van der Waals surface area contributed by atoms with Crippen molar-refractivity contribution in [3.63, 3.8) is 0 Å². The van der Waals surface area contributed by atoms with E-state index in [9.17, 15) is 13.2 Å². The van der Waals surface area contributed by atoms with Crippen LogP contribution in [0, 0.1) is 13.8 Å². The Hall–Kier alpha value is -1.54. The number of carbonyl (C=O) groups excluding carboxylic acids is 1. The second-order valence-corrected chi connectivity index (χ2v) is 7.67. The summed E-state index contributed by atoms with van der Waals surface area (Å²) >= 11 is 12.0. The maximum absolute atomic E-state index is 12.5. The summed E-state index contributed by atoms with van der Waals surface area (Å²) < 4.78 is 28.7. The number of carbonyl (C=O) groups is 1. The van der Waals surface area contributed by atoms with Gasteiger partial charge >= 0.3 is 0 Å². The van der Waals surface area contributed by atoms with Gasteiger partial charge in [0.25, 0.3) is 5.91 Å². The SMILES string of the molecule is Cc1oc(C)c(S(N)(=O)=O)c1C(=O)N[C@@H](C)c1ccc(Cl)cc1Cl. The van der Waals surface area contributed by atoms with Gasteiger partial charge in [0.15, 0.2) is 0 Å². The summed E-state index contributed by atoms with van der Waals surface area (Å²) in [6, 6.07) is 4.41. The van der Waals surface area contributed by atoms with Crippen LogP contribution in [-0.2, 0) is 10.0 Å². The van der Waals surface area contributed by atoms with Crippen molar-refractivity contribution in [1.82, 2.24) is 5.32 Å². The number of sulfonamides is 1. The predicted octanol–water partition coefficient (Wildman–Crippen LogP) is 3.34. The highest BCUT2D eigenvalue weighted by atomic mass is 35.5. The van der Waals surface area contributed by atoms with Gasteiger partial charge in [-0.3, -0.25) is 4.79 Å². The van der Waals surface area contributed by atoms with Gasteiger partial charge in [-0.1, -0.05) is 29.3 Å². The van der Waals surface area contributed by atoms with Gasteiger partial charge in [-0.15, -0.1) is 0 Å². The fourth-order valence-corrected chi connectivity index (χ4v) is 4.00. The number of furan rings is 1. The molecule has 0 aliphatic carbocycles. The number of amides is 1. The number of aryl methyl sites for hydroxylation is 2. The molecule has 24 heavy (non-hydrogen) atoms. The minimum atomic E-state index is -4.10. The lowest BCUT2D eigenvalue weighted by molar-refractivity contribution is 0.0935. The van der Waals surface area contributed by atoms with Crippen LogP contribution in [0.3, 0.4) is 0 Å². The maximum atomic E-state index is 12.5. The smallest absolute Gasteiger partial charge is 0.256 e. The van der Waals surface area contributed by atoms with Crippen LogP contribution in [0.2, 0.25) is 10.0 Å². The number of nitrogens with one attached hydrogen (secondary N) is 1. The van der Waals surface area contributed by atoms with E-state index in [4.69, 9.17) is 32.8 Å². The normalized spacial score (nSPS) is 12.9. The Balaban J connectivity index is 2.37. The zero-order valence-electron chi connectivity index (χ0n) is 13.2. The van der Waals surface area contributed by atoms with Gasteiger partial charge in [0.1, 0.15) is 22.0 Å². The van der Waals surface area contributed by atoms with Crippen molar-refractivity contribution < 1.29 is 17.6 Å². The summed E-state index contributed by atoms with van der Waals surface area (Å²) in [5.41, 5.74) is 0.538. The largest absolute Gasteiger partial charge is 0.464 e.